The zero-order chi connectivity index (χ0) is 23.0. The highest BCUT2D eigenvalue weighted by Gasteiger charge is 2.49. The standard InChI is InChI=1S/C24H20N4O4S/c1-24(15-7-3-2-4-8-15)22(30)28(23(31)27-24)14-20(29)25-13-16-11-12-18(32-16)21-26-17-9-5-6-10-19(17)33-21/h2-12H,13-14H2,1H3,(H,25,29)(H,27,31). The highest BCUT2D eigenvalue weighted by Crippen LogP contribution is 2.31. The molecule has 1 aliphatic heterocycles. The molecule has 3 heterocycles. The van der Waals surface area contributed by atoms with E-state index in [1.165, 1.54) is 11.3 Å². The molecule has 1 atom stereocenters. The molecule has 2 aromatic heterocycles. The number of carbonyl (C=O) groups is 3. The van der Waals surface area contributed by atoms with Crippen molar-refractivity contribution in [3.8, 4) is 10.8 Å². The topological polar surface area (TPSA) is 105 Å². The van der Waals surface area contributed by atoms with Crippen molar-refractivity contribution in [3.63, 3.8) is 0 Å². The van der Waals surface area contributed by atoms with Crippen molar-refractivity contribution in [3.05, 3.63) is 78.1 Å². The molecule has 1 fully saturated rings. The Labute approximate surface area is 193 Å². The lowest BCUT2D eigenvalue weighted by Crippen LogP contribution is -2.43. The summed E-state index contributed by atoms with van der Waals surface area (Å²) in [6.45, 7) is 1.38. The van der Waals surface area contributed by atoms with Crippen LogP contribution in [0.25, 0.3) is 21.0 Å². The quantitative estimate of drug-likeness (QED) is 0.428. The van der Waals surface area contributed by atoms with Gasteiger partial charge in [0.15, 0.2) is 10.8 Å². The number of amides is 4. The van der Waals surface area contributed by atoms with Crippen molar-refractivity contribution < 1.29 is 18.8 Å². The zero-order valence-electron chi connectivity index (χ0n) is 17.7. The molecule has 4 amide bonds. The first-order chi connectivity index (χ1) is 15.9. The smallest absolute Gasteiger partial charge is 0.325 e. The van der Waals surface area contributed by atoms with Gasteiger partial charge in [0.1, 0.15) is 17.8 Å². The first-order valence-electron chi connectivity index (χ1n) is 10.3. The van der Waals surface area contributed by atoms with Crippen LogP contribution < -0.4 is 10.6 Å². The second kappa shape index (κ2) is 8.18. The Hall–Kier alpha value is -3.98. The number of carbonyl (C=O) groups excluding carboxylic acids is 3. The van der Waals surface area contributed by atoms with Crippen molar-refractivity contribution in [2.24, 2.45) is 0 Å². The Morgan fingerprint density at radius 2 is 1.85 bits per heavy atom. The van der Waals surface area contributed by atoms with Crippen LogP contribution in [0.5, 0.6) is 0 Å². The van der Waals surface area contributed by atoms with Gasteiger partial charge in [0, 0.05) is 0 Å². The minimum Gasteiger partial charge on any atom is -0.457 e. The number of para-hydroxylation sites is 1. The molecule has 166 valence electrons. The maximum absolute atomic E-state index is 12.9. The van der Waals surface area contributed by atoms with Crippen LogP contribution in [0.4, 0.5) is 4.79 Å². The lowest BCUT2D eigenvalue weighted by Gasteiger charge is -2.22. The fourth-order valence-corrected chi connectivity index (χ4v) is 4.69. The average Bonchev–Trinajstić information content (AvgIpc) is 3.52. The summed E-state index contributed by atoms with van der Waals surface area (Å²) >= 11 is 1.53. The Morgan fingerprint density at radius 1 is 1.09 bits per heavy atom. The van der Waals surface area contributed by atoms with Gasteiger partial charge in [-0.2, -0.15) is 0 Å². The van der Waals surface area contributed by atoms with E-state index in [1.807, 2.05) is 36.4 Å². The van der Waals surface area contributed by atoms with Crippen molar-refractivity contribution >= 4 is 39.4 Å². The highest BCUT2D eigenvalue weighted by molar-refractivity contribution is 7.21. The van der Waals surface area contributed by atoms with Crippen LogP contribution in [0.3, 0.4) is 0 Å². The molecule has 1 unspecified atom stereocenters. The van der Waals surface area contributed by atoms with Crippen LogP contribution in [0.1, 0.15) is 18.2 Å². The van der Waals surface area contributed by atoms with E-state index < -0.39 is 23.4 Å². The molecular weight excluding hydrogens is 440 g/mol. The van der Waals surface area contributed by atoms with E-state index >= 15 is 0 Å². The van der Waals surface area contributed by atoms with Crippen LogP contribution in [-0.4, -0.2) is 34.3 Å². The molecule has 8 nitrogen and oxygen atoms in total. The number of nitrogens with one attached hydrogen (secondary N) is 2. The maximum atomic E-state index is 12.9. The number of aromatic nitrogens is 1. The second-order valence-corrected chi connectivity index (χ2v) is 8.87. The summed E-state index contributed by atoms with van der Waals surface area (Å²) in [7, 11) is 0. The summed E-state index contributed by atoms with van der Waals surface area (Å²) in [5.41, 5.74) is 0.357. The zero-order valence-corrected chi connectivity index (χ0v) is 18.5. The molecule has 0 bridgehead atoms. The summed E-state index contributed by atoms with van der Waals surface area (Å²) in [5, 5.41) is 6.15. The monoisotopic (exact) mass is 460 g/mol. The van der Waals surface area contributed by atoms with Crippen molar-refractivity contribution in [2.45, 2.75) is 19.0 Å². The third-order valence-corrected chi connectivity index (χ3v) is 6.60. The van der Waals surface area contributed by atoms with E-state index in [2.05, 4.69) is 15.6 Å². The van der Waals surface area contributed by atoms with Crippen LogP contribution in [0, 0.1) is 0 Å². The molecular formula is C24H20N4O4S. The molecule has 9 heteroatoms. The van der Waals surface area contributed by atoms with Crippen molar-refractivity contribution in [2.75, 3.05) is 6.54 Å². The van der Waals surface area contributed by atoms with Gasteiger partial charge in [0.25, 0.3) is 5.91 Å². The number of furan rings is 1. The van der Waals surface area contributed by atoms with Crippen LogP contribution in [-0.2, 0) is 21.7 Å². The molecule has 33 heavy (non-hydrogen) atoms. The fourth-order valence-electron chi connectivity index (χ4n) is 3.76. The molecule has 0 saturated carbocycles. The number of thiazole rings is 1. The van der Waals surface area contributed by atoms with E-state index in [0.29, 0.717) is 17.1 Å². The van der Waals surface area contributed by atoms with Crippen LogP contribution in [0.2, 0.25) is 0 Å². The lowest BCUT2D eigenvalue weighted by molar-refractivity contribution is -0.134. The van der Waals surface area contributed by atoms with Gasteiger partial charge < -0.3 is 15.1 Å². The lowest BCUT2D eigenvalue weighted by atomic mass is 9.92. The predicted octanol–water partition coefficient (Wildman–Crippen LogP) is 3.64. The summed E-state index contributed by atoms with van der Waals surface area (Å²) in [6, 6.07) is 19.8. The van der Waals surface area contributed by atoms with Gasteiger partial charge in [-0.25, -0.2) is 9.78 Å². The van der Waals surface area contributed by atoms with Crippen molar-refractivity contribution in [1.29, 1.82) is 0 Å². The van der Waals surface area contributed by atoms with E-state index in [0.717, 1.165) is 20.1 Å². The Kier molecular flexibility index (Phi) is 5.18. The van der Waals surface area contributed by atoms with Gasteiger partial charge >= 0.3 is 6.03 Å². The first kappa shape index (κ1) is 20.9. The fraction of sp³-hybridized carbons (Fsp3) is 0.167. The molecule has 2 aromatic carbocycles. The molecule has 0 aliphatic carbocycles. The van der Waals surface area contributed by atoms with Gasteiger partial charge in [-0.1, -0.05) is 42.5 Å². The minimum atomic E-state index is -1.20. The van der Waals surface area contributed by atoms with E-state index in [4.69, 9.17) is 4.42 Å². The second-order valence-electron chi connectivity index (χ2n) is 7.84. The maximum Gasteiger partial charge on any atom is 0.325 e. The number of imide groups is 1. The van der Waals surface area contributed by atoms with Gasteiger partial charge in [-0.05, 0) is 36.8 Å². The minimum absolute atomic E-state index is 0.128. The van der Waals surface area contributed by atoms with E-state index in [1.54, 1.807) is 37.3 Å². The average molecular weight is 461 g/mol. The number of hydrogen-bond acceptors (Lipinski definition) is 6. The molecule has 0 spiro atoms. The molecule has 1 saturated heterocycles. The first-order valence-corrected chi connectivity index (χ1v) is 11.2. The molecule has 5 rings (SSSR count). The Balaban J connectivity index is 1.21. The number of benzene rings is 2. The molecule has 1 aliphatic rings. The predicted molar refractivity (Wildman–Crippen MR) is 123 cm³/mol. The highest BCUT2D eigenvalue weighted by atomic mass is 32.1. The molecule has 0 radical (unpaired) electrons. The summed E-state index contributed by atoms with van der Waals surface area (Å²) in [4.78, 5) is 43.3. The molecule has 2 N–H and O–H groups in total. The summed E-state index contributed by atoms with van der Waals surface area (Å²) in [5.74, 6) is 0.232. The van der Waals surface area contributed by atoms with Gasteiger partial charge in [0.05, 0.1) is 16.8 Å². The van der Waals surface area contributed by atoms with E-state index in [9.17, 15) is 14.4 Å². The third kappa shape index (κ3) is 3.87. The third-order valence-electron chi connectivity index (χ3n) is 5.55. The van der Waals surface area contributed by atoms with Gasteiger partial charge in [-0.3, -0.25) is 14.5 Å². The summed E-state index contributed by atoms with van der Waals surface area (Å²) in [6.07, 6.45) is 0. The number of hydrogen-bond donors (Lipinski definition) is 2. The number of rotatable bonds is 6. The normalized spacial score (nSPS) is 18.0. The van der Waals surface area contributed by atoms with Gasteiger partial charge in [0.2, 0.25) is 5.91 Å². The number of fused-ring (bicyclic) bond motifs is 1. The SMILES string of the molecule is CC1(c2ccccc2)NC(=O)N(CC(=O)NCc2ccc(-c3nc4ccccc4s3)o2)C1=O. The number of urea groups is 1. The largest absolute Gasteiger partial charge is 0.457 e. The summed E-state index contributed by atoms with van der Waals surface area (Å²) < 4.78 is 6.89. The van der Waals surface area contributed by atoms with E-state index in [-0.39, 0.29) is 13.1 Å². The number of nitrogens with zero attached hydrogens (tertiary/aromatic N) is 2. The van der Waals surface area contributed by atoms with Crippen LogP contribution in [0.15, 0.2) is 71.1 Å². The Morgan fingerprint density at radius 3 is 2.64 bits per heavy atom. The van der Waals surface area contributed by atoms with Crippen molar-refractivity contribution in [1.82, 2.24) is 20.5 Å². The Bertz CT molecular complexity index is 1330. The van der Waals surface area contributed by atoms with Gasteiger partial charge in [-0.15, -0.1) is 11.3 Å². The molecule has 4 aromatic rings. The van der Waals surface area contributed by atoms with Crippen LogP contribution >= 0.6 is 11.3 Å².